The van der Waals surface area contributed by atoms with E-state index in [1.165, 1.54) is 21.1 Å². The molecule has 10 heteroatoms. The molecule has 2 heterocycles. The predicted molar refractivity (Wildman–Crippen MR) is 70.6 cm³/mol. The standard InChI is InChI=1S/C11H17N3O6S/c1-6-10(9(11(15)16)13-12-6)21(17,18)14-4-7(19-2)8(5-14)20-3/h7-8H,4-5H2,1-3H3,(H,12,13)(H,15,16). The summed E-state index contributed by atoms with van der Waals surface area (Å²) in [6.45, 7) is 1.66. The van der Waals surface area contributed by atoms with Crippen LogP contribution in [-0.4, -0.2) is 73.5 Å². The molecule has 9 nitrogen and oxygen atoms in total. The third kappa shape index (κ3) is 2.67. The number of aromatic carboxylic acids is 1. The monoisotopic (exact) mass is 319 g/mol. The lowest BCUT2D eigenvalue weighted by molar-refractivity contribution is -0.00461. The Morgan fingerprint density at radius 3 is 2.29 bits per heavy atom. The van der Waals surface area contributed by atoms with E-state index in [-0.39, 0.29) is 23.7 Å². The highest BCUT2D eigenvalue weighted by Gasteiger charge is 2.42. The van der Waals surface area contributed by atoms with Gasteiger partial charge in [-0.05, 0) is 6.92 Å². The van der Waals surface area contributed by atoms with Crippen LogP contribution in [0.2, 0.25) is 0 Å². The van der Waals surface area contributed by atoms with Crippen molar-refractivity contribution in [1.29, 1.82) is 0 Å². The molecule has 118 valence electrons. The van der Waals surface area contributed by atoms with Crippen molar-refractivity contribution in [2.75, 3.05) is 27.3 Å². The Hall–Kier alpha value is -1.49. The molecule has 2 rings (SSSR count). The lowest BCUT2D eigenvalue weighted by atomic mass is 10.3. The molecule has 2 unspecified atom stereocenters. The molecule has 21 heavy (non-hydrogen) atoms. The molecule has 0 aromatic carbocycles. The van der Waals surface area contributed by atoms with E-state index in [2.05, 4.69) is 10.2 Å². The first-order valence-electron chi connectivity index (χ1n) is 6.17. The number of aryl methyl sites for hydroxylation is 1. The van der Waals surface area contributed by atoms with E-state index in [0.717, 1.165) is 4.31 Å². The highest BCUT2D eigenvalue weighted by molar-refractivity contribution is 7.89. The SMILES string of the molecule is COC1CN(S(=O)(=O)c2c(C(=O)O)n[nH]c2C)CC1OC. The number of hydrogen-bond acceptors (Lipinski definition) is 6. The molecule has 0 bridgehead atoms. The number of carboxylic acid groups (broad SMARTS) is 1. The van der Waals surface area contributed by atoms with Gasteiger partial charge in [0.25, 0.3) is 0 Å². The van der Waals surface area contributed by atoms with Gasteiger partial charge >= 0.3 is 5.97 Å². The smallest absolute Gasteiger partial charge is 0.357 e. The predicted octanol–water partition coefficient (Wildman–Crippen LogP) is -0.549. The largest absolute Gasteiger partial charge is 0.476 e. The van der Waals surface area contributed by atoms with Gasteiger partial charge in [-0.2, -0.15) is 9.40 Å². The van der Waals surface area contributed by atoms with Gasteiger partial charge in [0.15, 0.2) is 5.69 Å². The van der Waals surface area contributed by atoms with Crippen molar-refractivity contribution >= 4 is 16.0 Å². The van der Waals surface area contributed by atoms with Crippen molar-refractivity contribution < 1.29 is 27.8 Å². The first kappa shape index (κ1) is 15.9. The number of hydrogen-bond donors (Lipinski definition) is 2. The number of rotatable bonds is 5. The number of nitrogens with one attached hydrogen (secondary N) is 1. The summed E-state index contributed by atoms with van der Waals surface area (Å²) in [5.74, 6) is -1.40. The molecule has 1 aliphatic heterocycles. The maximum atomic E-state index is 12.7. The fourth-order valence-corrected chi connectivity index (χ4v) is 4.12. The van der Waals surface area contributed by atoms with Crippen molar-refractivity contribution in [3.05, 3.63) is 11.4 Å². The minimum absolute atomic E-state index is 0.0982. The molecule has 2 atom stereocenters. The van der Waals surface area contributed by atoms with Crippen LogP contribution in [0.4, 0.5) is 0 Å². The number of aromatic nitrogens is 2. The molecule has 0 saturated carbocycles. The minimum Gasteiger partial charge on any atom is -0.476 e. The zero-order chi connectivity index (χ0) is 15.8. The summed E-state index contributed by atoms with van der Waals surface area (Å²) in [5.41, 5.74) is -0.329. The maximum Gasteiger partial charge on any atom is 0.357 e. The molecule has 0 spiro atoms. The molecule has 2 N–H and O–H groups in total. The van der Waals surface area contributed by atoms with Crippen molar-refractivity contribution in [3.63, 3.8) is 0 Å². The summed E-state index contributed by atoms with van der Waals surface area (Å²) in [6.07, 6.45) is -0.796. The fraction of sp³-hybridized carbons (Fsp3) is 0.636. The normalized spacial score (nSPS) is 23.6. The summed E-state index contributed by atoms with van der Waals surface area (Å²) in [7, 11) is -1.05. The molecule has 1 saturated heterocycles. The lowest BCUT2D eigenvalue weighted by Gasteiger charge is -2.15. The molecule has 1 aromatic heterocycles. The maximum absolute atomic E-state index is 12.7. The van der Waals surface area contributed by atoms with E-state index in [9.17, 15) is 13.2 Å². The van der Waals surface area contributed by atoms with E-state index >= 15 is 0 Å². The Balaban J connectivity index is 2.40. The van der Waals surface area contributed by atoms with Crippen LogP contribution in [0.5, 0.6) is 0 Å². The van der Waals surface area contributed by atoms with E-state index in [4.69, 9.17) is 14.6 Å². The number of methoxy groups -OCH3 is 2. The summed E-state index contributed by atoms with van der Waals surface area (Å²) >= 11 is 0. The number of aromatic amines is 1. The van der Waals surface area contributed by atoms with Crippen LogP contribution in [0.25, 0.3) is 0 Å². The van der Waals surface area contributed by atoms with Crippen LogP contribution in [0.1, 0.15) is 16.2 Å². The number of carboxylic acids is 1. The average Bonchev–Trinajstić information content (AvgIpc) is 3.01. The lowest BCUT2D eigenvalue weighted by Crippen LogP contribution is -2.31. The molecule has 1 aromatic rings. The Bertz CT molecular complexity index is 628. The van der Waals surface area contributed by atoms with Gasteiger partial charge < -0.3 is 14.6 Å². The van der Waals surface area contributed by atoms with Crippen molar-refractivity contribution in [1.82, 2.24) is 14.5 Å². The molecule has 0 amide bonds. The zero-order valence-corrected chi connectivity index (χ0v) is 12.7. The number of ether oxygens (including phenoxy) is 2. The van der Waals surface area contributed by atoms with E-state index in [1.807, 2.05) is 0 Å². The van der Waals surface area contributed by atoms with Crippen LogP contribution < -0.4 is 0 Å². The van der Waals surface area contributed by atoms with E-state index in [1.54, 1.807) is 0 Å². The van der Waals surface area contributed by atoms with Gasteiger partial charge in [-0.15, -0.1) is 0 Å². The van der Waals surface area contributed by atoms with Gasteiger partial charge in [-0.25, -0.2) is 13.2 Å². The second-order valence-corrected chi connectivity index (χ2v) is 6.58. The second-order valence-electron chi connectivity index (χ2n) is 4.70. The van der Waals surface area contributed by atoms with E-state index < -0.39 is 33.9 Å². The van der Waals surface area contributed by atoms with Crippen LogP contribution in [0.3, 0.4) is 0 Å². The number of H-pyrrole nitrogens is 1. The van der Waals surface area contributed by atoms with Crippen LogP contribution in [-0.2, 0) is 19.5 Å². The van der Waals surface area contributed by atoms with Gasteiger partial charge in [0, 0.05) is 27.3 Å². The highest BCUT2D eigenvalue weighted by atomic mass is 32.2. The molecule has 0 radical (unpaired) electrons. The van der Waals surface area contributed by atoms with Crippen molar-refractivity contribution in [2.45, 2.75) is 24.0 Å². The average molecular weight is 319 g/mol. The third-order valence-corrected chi connectivity index (χ3v) is 5.47. The van der Waals surface area contributed by atoms with Crippen molar-refractivity contribution in [3.8, 4) is 0 Å². The van der Waals surface area contributed by atoms with Crippen LogP contribution >= 0.6 is 0 Å². The van der Waals surface area contributed by atoms with Crippen LogP contribution in [0.15, 0.2) is 4.90 Å². The summed E-state index contributed by atoms with van der Waals surface area (Å²) in [6, 6.07) is 0. The topological polar surface area (TPSA) is 122 Å². The van der Waals surface area contributed by atoms with E-state index in [0.29, 0.717) is 0 Å². The highest BCUT2D eigenvalue weighted by Crippen LogP contribution is 2.27. The van der Waals surface area contributed by atoms with Crippen molar-refractivity contribution in [2.24, 2.45) is 0 Å². The van der Waals surface area contributed by atoms with Gasteiger partial charge in [0.1, 0.15) is 4.90 Å². The molecule has 1 fully saturated rings. The Kier molecular flexibility index (Phi) is 4.33. The summed E-state index contributed by atoms with van der Waals surface area (Å²) < 4.78 is 36.9. The first-order valence-corrected chi connectivity index (χ1v) is 7.61. The van der Waals surface area contributed by atoms with Crippen LogP contribution in [0, 0.1) is 6.92 Å². The van der Waals surface area contributed by atoms with Gasteiger partial charge in [-0.3, -0.25) is 5.10 Å². The molecule has 0 aliphatic carbocycles. The van der Waals surface area contributed by atoms with Gasteiger partial charge in [0.05, 0.1) is 17.9 Å². The number of nitrogens with zero attached hydrogens (tertiary/aromatic N) is 2. The van der Waals surface area contributed by atoms with Gasteiger partial charge in [0.2, 0.25) is 10.0 Å². The first-order chi connectivity index (χ1) is 9.82. The zero-order valence-electron chi connectivity index (χ0n) is 11.9. The second kappa shape index (κ2) is 5.72. The Labute approximate surface area is 121 Å². The Morgan fingerprint density at radius 1 is 1.33 bits per heavy atom. The molecular formula is C11H17N3O6S. The number of carbonyl (C=O) groups is 1. The molecular weight excluding hydrogens is 302 g/mol. The number of sulfonamides is 1. The fourth-order valence-electron chi connectivity index (χ4n) is 2.37. The third-order valence-electron chi connectivity index (χ3n) is 3.48. The molecule has 1 aliphatic rings. The summed E-state index contributed by atoms with van der Waals surface area (Å²) in [5, 5.41) is 15.0. The summed E-state index contributed by atoms with van der Waals surface area (Å²) in [4.78, 5) is 10.8. The quantitative estimate of drug-likeness (QED) is 0.746. The Morgan fingerprint density at radius 2 is 1.86 bits per heavy atom. The minimum atomic E-state index is -3.99. The van der Waals surface area contributed by atoms with Gasteiger partial charge in [-0.1, -0.05) is 0 Å².